The molecule has 0 aliphatic rings. The van der Waals surface area contributed by atoms with Gasteiger partial charge < -0.3 is 9.84 Å². The van der Waals surface area contributed by atoms with Crippen LogP contribution in [-0.2, 0) is 6.42 Å². The molecule has 0 saturated carbocycles. The molecule has 0 heterocycles. The molecule has 1 atom stereocenters. The van der Waals surface area contributed by atoms with E-state index in [-0.39, 0.29) is 0 Å². The molecule has 0 fully saturated rings. The lowest BCUT2D eigenvalue weighted by molar-refractivity contribution is 0.414. The predicted octanol–water partition coefficient (Wildman–Crippen LogP) is 4.88. The Labute approximate surface area is 157 Å². The smallest absolute Gasteiger partial charge is 0.118 e. The molecule has 1 unspecified atom stereocenters. The van der Waals surface area contributed by atoms with E-state index in [1.807, 2.05) is 30.3 Å². The van der Waals surface area contributed by atoms with E-state index in [4.69, 9.17) is 4.74 Å². The normalized spacial score (nSPS) is 12.6. The fourth-order valence-corrected chi connectivity index (χ4v) is 6.81. The highest BCUT2D eigenvalue weighted by Gasteiger charge is 2.35. The fourth-order valence-electron chi connectivity index (χ4n) is 3.60. The number of methoxy groups -OCH3 is 1. The molecule has 3 heteroatoms. The second kappa shape index (κ2) is 7.79. The average Bonchev–Trinajstić information content (AvgIpc) is 2.68. The van der Waals surface area contributed by atoms with Crippen LogP contribution in [0.15, 0.2) is 78.9 Å². The number of phenolic OH excluding ortho intramolecular Hbond substituents is 1. The summed E-state index contributed by atoms with van der Waals surface area (Å²) in [6.45, 7) is 4.83. The lowest BCUT2D eigenvalue weighted by Gasteiger charge is -2.34. The molecule has 3 rings (SSSR count). The Hall–Kier alpha value is -2.52. The molecule has 0 aliphatic heterocycles. The Morgan fingerprint density at radius 2 is 1.46 bits per heavy atom. The summed E-state index contributed by atoms with van der Waals surface area (Å²) in [5.41, 5.74) is 2.66. The van der Waals surface area contributed by atoms with E-state index in [0.717, 1.165) is 17.7 Å². The first kappa shape index (κ1) is 18.3. The first-order valence-corrected chi connectivity index (χ1v) is 12.1. The van der Waals surface area contributed by atoms with Crippen LogP contribution >= 0.6 is 0 Å². The average molecular weight is 363 g/mol. The molecular weight excluding hydrogens is 336 g/mol. The third-order valence-electron chi connectivity index (χ3n) is 5.32. The van der Waals surface area contributed by atoms with Gasteiger partial charge in [0.1, 0.15) is 11.5 Å². The molecule has 0 saturated heterocycles. The quantitative estimate of drug-likeness (QED) is 0.633. The Balaban J connectivity index is 2.04. The van der Waals surface area contributed by atoms with E-state index in [1.165, 1.54) is 10.8 Å². The summed E-state index contributed by atoms with van der Waals surface area (Å²) in [5, 5.41) is 11.7. The van der Waals surface area contributed by atoms with E-state index in [9.17, 15) is 5.11 Å². The molecule has 0 aromatic heterocycles. The van der Waals surface area contributed by atoms with Crippen LogP contribution < -0.4 is 9.92 Å². The molecule has 1 N–H and O–H groups in total. The molecule has 3 aromatic carbocycles. The van der Waals surface area contributed by atoms with Crippen molar-refractivity contribution >= 4 is 13.3 Å². The Kier molecular flexibility index (Phi) is 5.48. The van der Waals surface area contributed by atoms with Crippen molar-refractivity contribution in [3.63, 3.8) is 0 Å². The van der Waals surface area contributed by atoms with Crippen LogP contribution in [0.4, 0.5) is 0 Å². The Morgan fingerprint density at radius 1 is 0.846 bits per heavy atom. The maximum Gasteiger partial charge on any atom is 0.118 e. The second-order valence-electron chi connectivity index (χ2n) is 7.25. The van der Waals surface area contributed by atoms with Crippen molar-refractivity contribution in [1.29, 1.82) is 0 Å². The van der Waals surface area contributed by atoms with E-state index < -0.39 is 8.07 Å². The van der Waals surface area contributed by atoms with Crippen LogP contribution in [0.5, 0.6) is 11.5 Å². The highest BCUT2D eigenvalue weighted by Crippen LogP contribution is 2.34. The van der Waals surface area contributed by atoms with Crippen molar-refractivity contribution in [2.75, 3.05) is 7.11 Å². The monoisotopic (exact) mass is 362 g/mol. The van der Waals surface area contributed by atoms with Crippen molar-refractivity contribution in [2.24, 2.45) is 0 Å². The summed E-state index contributed by atoms with van der Waals surface area (Å²) in [6.07, 6.45) is 0.827. The van der Waals surface area contributed by atoms with E-state index >= 15 is 0 Å². The zero-order valence-corrected chi connectivity index (χ0v) is 16.6. The fraction of sp³-hybridized carbons (Fsp3) is 0.217. The molecule has 26 heavy (non-hydrogen) atoms. The van der Waals surface area contributed by atoms with Gasteiger partial charge in [0.15, 0.2) is 0 Å². The third kappa shape index (κ3) is 3.83. The van der Waals surface area contributed by atoms with Crippen LogP contribution in [-0.4, -0.2) is 20.3 Å². The molecule has 0 bridgehead atoms. The van der Waals surface area contributed by atoms with Crippen LogP contribution in [0.2, 0.25) is 13.1 Å². The van der Waals surface area contributed by atoms with Crippen molar-refractivity contribution in [3.8, 4) is 11.5 Å². The van der Waals surface area contributed by atoms with Gasteiger partial charge in [0.05, 0.1) is 15.2 Å². The van der Waals surface area contributed by atoms with Gasteiger partial charge >= 0.3 is 0 Å². The zero-order valence-electron chi connectivity index (χ0n) is 15.6. The van der Waals surface area contributed by atoms with Crippen molar-refractivity contribution in [3.05, 3.63) is 90.0 Å². The lowest BCUT2D eigenvalue weighted by atomic mass is 10.0. The molecule has 134 valence electrons. The van der Waals surface area contributed by atoms with Crippen molar-refractivity contribution in [1.82, 2.24) is 0 Å². The zero-order chi connectivity index (χ0) is 18.6. The minimum atomic E-state index is -1.83. The maximum absolute atomic E-state index is 10.3. The first-order chi connectivity index (χ1) is 12.5. The van der Waals surface area contributed by atoms with Gasteiger partial charge in [-0.3, -0.25) is 0 Å². The first-order valence-electron chi connectivity index (χ1n) is 8.98. The molecule has 3 aromatic rings. The maximum atomic E-state index is 10.3. The largest absolute Gasteiger partial charge is 0.508 e. The molecular formula is C23H26O2Si. The highest BCUT2D eigenvalue weighted by atomic mass is 28.3. The number of para-hydroxylation sites is 1. The van der Waals surface area contributed by atoms with Gasteiger partial charge in [-0.05, 0) is 41.3 Å². The molecule has 0 amide bonds. The Bertz CT molecular complexity index is 842. The van der Waals surface area contributed by atoms with Gasteiger partial charge in [-0.15, -0.1) is 0 Å². The number of ether oxygens (including phenoxy) is 1. The summed E-state index contributed by atoms with van der Waals surface area (Å²) in [4.78, 5) is 0. The van der Waals surface area contributed by atoms with Crippen LogP contribution in [0.25, 0.3) is 0 Å². The van der Waals surface area contributed by atoms with Crippen molar-refractivity contribution in [2.45, 2.75) is 25.1 Å². The van der Waals surface area contributed by atoms with E-state index in [2.05, 4.69) is 55.6 Å². The number of rotatable bonds is 6. The summed E-state index contributed by atoms with van der Waals surface area (Å²) >= 11 is 0. The van der Waals surface area contributed by atoms with Gasteiger partial charge in [-0.25, -0.2) is 0 Å². The van der Waals surface area contributed by atoms with E-state index in [1.54, 1.807) is 13.2 Å². The van der Waals surface area contributed by atoms with Crippen molar-refractivity contribution < 1.29 is 9.84 Å². The number of phenols is 1. The summed E-state index contributed by atoms with van der Waals surface area (Å²) in [6, 6.07) is 26.9. The molecule has 0 radical (unpaired) electrons. The minimum Gasteiger partial charge on any atom is -0.508 e. The molecule has 2 nitrogen and oxygen atoms in total. The minimum absolute atomic E-state index is 0.351. The second-order valence-corrected chi connectivity index (χ2v) is 12.0. The number of benzene rings is 3. The van der Waals surface area contributed by atoms with Gasteiger partial charge in [-0.2, -0.15) is 0 Å². The van der Waals surface area contributed by atoms with Gasteiger partial charge in [0.25, 0.3) is 0 Å². The third-order valence-corrected chi connectivity index (χ3v) is 9.42. The van der Waals surface area contributed by atoms with Gasteiger partial charge in [0.2, 0.25) is 0 Å². The highest BCUT2D eigenvalue weighted by molar-refractivity contribution is 6.90. The topological polar surface area (TPSA) is 29.5 Å². The number of aromatic hydroxyl groups is 1. The predicted molar refractivity (Wildman–Crippen MR) is 111 cm³/mol. The number of hydrogen-bond donors (Lipinski definition) is 1. The Morgan fingerprint density at radius 3 is 2.08 bits per heavy atom. The van der Waals surface area contributed by atoms with Crippen LogP contribution in [0.3, 0.4) is 0 Å². The number of hydrogen-bond acceptors (Lipinski definition) is 2. The van der Waals surface area contributed by atoms with Gasteiger partial charge in [-0.1, -0.05) is 78.9 Å². The van der Waals surface area contributed by atoms with E-state index in [0.29, 0.717) is 11.3 Å². The molecule has 0 aliphatic carbocycles. The summed E-state index contributed by atoms with van der Waals surface area (Å²) in [5.74, 6) is 1.25. The van der Waals surface area contributed by atoms with Crippen LogP contribution in [0.1, 0.15) is 16.7 Å². The molecule has 0 spiro atoms. The summed E-state index contributed by atoms with van der Waals surface area (Å²) in [7, 11) is -0.143. The lowest BCUT2D eigenvalue weighted by Crippen LogP contribution is -2.48. The van der Waals surface area contributed by atoms with Gasteiger partial charge in [0, 0.05) is 0 Å². The van der Waals surface area contributed by atoms with Crippen LogP contribution in [0, 0.1) is 0 Å². The standard InChI is InChI=1S/C23H26O2Si/c1-25-20-15-13-18(14-16-20)23(17-19-9-7-8-12-22(19)24)26(2,3)21-10-5-4-6-11-21/h4-16,23-24H,17H2,1-3H3. The SMILES string of the molecule is COc1ccc(C(Cc2ccccc2O)[Si](C)(C)c2ccccc2)cc1. The summed E-state index contributed by atoms with van der Waals surface area (Å²) < 4.78 is 5.33.